The second kappa shape index (κ2) is 4.98. The molecule has 0 bridgehead atoms. The molecule has 3 rings (SSSR count). The number of benzene rings is 2. The fourth-order valence-electron chi connectivity index (χ4n) is 2.24. The maximum absolute atomic E-state index is 12.8. The molecule has 3 aromatic rings. The molecule has 0 N–H and O–H groups in total. The van der Waals surface area contributed by atoms with Crippen LogP contribution < -0.4 is 4.74 Å². The number of carbonyl (C=O) groups excluding carboxylic acids is 1. The summed E-state index contributed by atoms with van der Waals surface area (Å²) in [6.07, 6.45) is -4.43. The van der Waals surface area contributed by atoms with Gasteiger partial charge >= 0.3 is 12.1 Å². The molecule has 6 heteroatoms. The molecule has 0 unspecified atom stereocenters. The SMILES string of the molecule is CC(=O)Oc1cccc2cc3ccc(C(F)(F)F)cc3nc12. The minimum atomic E-state index is -4.43. The predicted octanol–water partition coefficient (Wildman–Crippen LogP) is 4.33. The maximum atomic E-state index is 12.8. The van der Waals surface area contributed by atoms with E-state index in [0.29, 0.717) is 16.3 Å². The van der Waals surface area contributed by atoms with E-state index in [1.807, 2.05) is 0 Å². The molecule has 0 spiro atoms. The third kappa shape index (κ3) is 2.59. The molecule has 0 radical (unpaired) electrons. The highest BCUT2D eigenvalue weighted by Crippen LogP contribution is 2.33. The number of para-hydroxylation sites is 1. The Bertz CT molecular complexity index is 888. The van der Waals surface area contributed by atoms with E-state index in [1.54, 1.807) is 24.3 Å². The number of fused-ring (bicyclic) bond motifs is 2. The Labute approximate surface area is 123 Å². The molecule has 0 atom stereocenters. The van der Waals surface area contributed by atoms with Gasteiger partial charge in [0.05, 0.1) is 11.1 Å². The number of esters is 1. The van der Waals surface area contributed by atoms with Gasteiger partial charge in [-0.15, -0.1) is 0 Å². The smallest absolute Gasteiger partial charge is 0.416 e. The summed E-state index contributed by atoms with van der Waals surface area (Å²) in [6.45, 7) is 1.25. The molecule has 0 aliphatic heterocycles. The Morgan fingerprint density at radius 2 is 1.86 bits per heavy atom. The van der Waals surface area contributed by atoms with Crippen LogP contribution in [0.5, 0.6) is 5.75 Å². The first kappa shape index (κ1) is 14.3. The summed E-state index contributed by atoms with van der Waals surface area (Å²) in [7, 11) is 0. The number of nitrogens with zero attached hydrogens (tertiary/aromatic N) is 1. The Kier molecular flexibility index (Phi) is 3.24. The van der Waals surface area contributed by atoms with E-state index in [0.717, 1.165) is 12.1 Å². The molecule has 2 aromatic carbocycles. The van der Waals surface area contributed by atoms with E-state index < -0.39 is 17.7 Å². The number of ether oxygens (including phenoxy) is 1. The van der Waals surface area contributed by atoms with Crippen molar-refractivity contribution in [2.45, 2.75) is 13.1 Å². The average molecular weight is 305 g/mol. The molecule has 1 heterocycles. The summed E-state index contributed by atoms with van der Waals surface area (Å²) in [4.78, 5) is 15.3. The first-order chi connectivity index (χ1) is 10.3. The molecule has 0 aliphatic rings. The highest BCUT2D eigenvalue weighted by molar-refractivity contribution is 5.96. The highest BCUT2D eigenvalue weighted by Gasteiger charge is 2.30. The molecule has 0 saturated heterocycles. The second-order valence-electron chi connectivity index (χ2n) is 4.82. The zero-order valence-corrected chi connectivity index (χ0v) is 11.4. The second-order valence-corrected chi connectivity index (χ2v) is 4.82. The number of hydrogen-bond donors (Lipinski definition) is 0. The van der Waals surface area contributed by atoms with Gasteiger partial charge in [-0.1, -0.05) is 18.2 Å². The van der Waals surface area contributed by atoms with Gasteiger partial charge in [0, 0.05) is 17.7 Å². The third-order valence-electron chi connectivity index (χ3n) is 3.18. The zero-order valence-electron chi connectivity index (χ0n) is 11.4. The fraction of sp³-hybridized carbons (Fsp3) is 0.125. The van der Waals surface area contributed by atoms with Crippen molar-refractivity contribution in [3.63, 3.8) is 0 Å². The zero-order chi connectivity index (χ0) is 15.9. The van der Waals surface area contributed by atoms with Crippen LogP contribution in [0.1, 0.15) is 12.5 Å². The van der Waals surface area contributed by atoms with Crippen molar-refractivity contribution in [1.82, 2.24) is 4.98 Å². The molecular weight excluding hydrogens is 295 g/mol. The number of aromatic nitrogens is 1. The van der Waals surface area contributed by atoms with Gasteiger partial charge in [-0.25, -0.2) is 4.98 Å². The van der Waals surface area contributed by atoms with Crippen molar-refractivity contribution in [3.05, 3.63) is 48.0 Å². The number of alkyl halides is 3. The van der Waals surface area contributed by atoms with Gasteiger partial charge in [0.15, 0.2) is 5.75 Å². The standard InChI is InChI=1S/C16H10F3NO2/c1-9(21)22-14-4-2-3-11-7-10-5-6-12(16(17,18)19)8-13(10)20-15(11)14/h2-8H,1H3. The van der Waals surface area contributed by atoms with Crippen molar-refractivity contribution >= 4 is 27.8 Å². The van der Waals surface area contributed by atoms with Gasteiger partial charge in [-0.2, -0.15) is 13.2 Å². The minimum Gasteiger partial charge on any atom is -0.424 e. The van der Waals surface area contributed by atoms with Crippen LogP contribution in [0, 0.1) is 0 Å². The first-order valence-electron chi connectivity index (χ1n) is 6.44. The van der Waals surface area contributed by atoms with Crippen LogP contribution in [-0.2, 0) is 11.0 Å². The highest BCUT2D eigenvalue weighted by atomic mass is 19.4. The van der Waals surface area contributed by atoms with Gasteiger partial charge in [-0.3, -0.25) is 4.79 Å². The molecule has 0 saturated carbocycles. The molecule has 0 aliphatic carbocycles. The van der Waals surface area contributed by atoms with Gasteiger partial charge in [-0.05, 0) is 24.3 Å². The van der Waals surface area contributed by atoms with Crippen LogP contribution in [0.2, 0.25) is 0 Å². The van der Waals surface area contributed by atoms with E-state index in [-0.39, 0.29) is 11.3 Å². The monoisotopic (exact) mass is 305 g/mol. The molecule has 112 valence electrons. The normalized spacial score (nSPS) is 11.8. The third-order valence-corrected chi connectivity index (χ3v) is 3.18. The minimum absolute atomic E-state index is 0.196. The molecular formula is C16H10F3NO2. The number of carbonyl (C=O) groups is 1. The Hall–Kier alpha value is -2.63. The lowest BCUT2D eigenvalue weighted by Crippen LogP contribution is -2.05. The van der Waals surface area contributed by atoms with Crippen molar-refractivity contribution in [3.8, 4) is 5.75 Å². The van der Waals surface area contributed by atoms with Crippen LogP contribution in [0.25, 0.3) is 21.8 Å². The van der Waals surface area contributed by atoms with Crippen molar-refractivity contribution in [2.75, 3.05) is 0 Å². The maximum Gasteiger partial charge on any atom is 0.416 e. The first-order valence-corrected chi connectivity index (χ1v) is 6.44. The lowest BCUT2D eigenvalue weighted by molar-refractivity contribution is -0.137. The topological polar surface area (TPSA) is 39.2 Å². The van der Waals surface area contributed by atoms with E-state index in [1.165, 1.54) is 13.0 Å². The molecule has 0 amide bonds. The van der Waals surface area contributed by atoms with Crippen LogP contribution >= 0.6 is 0 Å². The summed E-state index contributed by atoms with van der Waals surface area (Å²) in [5, 5.41) is 1.27. The van der Waals surface area contributed by atoms with Crippen LogP contribution in [0.15, 0.2) is 42.5 Å². The number of hydrogen-bond acceptors (Lipinski definition) is 3. The summed E-state index contributed by atoms with van der Waals surface area (Å²) in [5.74, 6) is -0.289. The fourth-order valence-corrected chi connectivity index (χ4v) is 2.24. The van der Waals surface area contributed by atoms with Gasteiger partial charge in [0.1, 0.15) is 5.52 Å². The quantitative estimate of drug-likeness (QED) is 0.381. The Balaban J connectivity index is 2.26. The van der Waals surface area contributed by atoms with E-state index in [4.69, 9.17) is 4.74 Å². The van der Waals surface area contributed by atoms with Crippen molar-refractivity contribution < 1.29 is 22.7 Å². The number of pyridine rings is 1. The van der Waals surface area contributed by atoms with Crippen LogP contribution in [0.4, 0.5) is 13.2 Å². The summed E-state index contributed by atoms with van der Waals surface area (Å²) < 4.78 is 43.4. The van der Waals surface area contributed by atoms with Gasteiger partial charge in [0.2, 0.25) is 0 Å². The van der Waals surface area contributed by atoms with Crippen LogP contribution in [-0.4, -0.2) is 11.0 Å². The average Bonchev–Trinajstić information content (AvgIpc) is 2.43. The predicted molar refractivity (Wildman–Crippen MR) is 75.6 cm³/mol. The van der Waals surface area contributed by atoms with Crippen LogP contribution in [0.3, 0.4) is 0 Å². The Morgan fingerprint density at radius 3 is 2.55 bits per heavy atom. The van der Waals surface area contributed by atoms with E-state index in [9.17, 15) is 18.0 Å². The molecule has 22 heavy (non-hydrogen) atoms. The van der Waals surface area contributed by atoms with Gasteiger partial charge in [0.25, 0.3) is 0 Å². The van der Waals surface area contributed by atoms with E-state index in [2.05, 4.69) is 4.98 Å². The summed E-state index contributed by atoms with van der Waals surface area (Å²) in [5.41, 5.74) is -0.219. The van der Waals surface area contributed by atoms with Crippen molar-refractivity contribution in [1.29, 1.82) is 0 Å². The Morgan fingerprint density at radius 1 is 1.09 bits per heavy atom. The lowest BCUT2D eigenvalue weighted by atomic mass is 10.1. The van der Waals surface area contributed by atoms with Crippen molar-refractivity contribution in [2.24, 2.45) is 0 Å². The summed E-state index contributed by atoms with van der Waals surface area (Å²) >= 11 is 0. The summed E-state index contributed by atoms with van der Waals surface area (Å²) in [6, 6.07) is 10.1. The number of rotatable bonds is 1. The van der Waals surface area contributed by atoms with E-state index >= 15 is 0 Å². The number of halogens is 3. The largest absolute Gasteiger partial charge is 0.424 e. The molecule has 1 aromatic heterocycles. The lowest BCUT2D eigenvalue weighted by Gasteiger charge is -2.09. The molecule has 0 fully saturated rings. The van der Waals surface area contributed by atoms with Gasteiger partial charge < -0.3 is 4.74 Å². The molecule has 3 nitrogen and oxygen atoms in total.